The molecule has 236 valence electrons. The lowest BCUT2D eigenvalue weighted by atomic mass is 10.0. The van der Waals surface area contributed by atoms with Gasteiger partial charge in [0.1, 0.15) is 18.4 Å². The Balaban J connectivity index is 1.78. The number of aryl methyl sites for hydroxylation is 2. The molecule has 9 heteroatoms. The van der Waals surface area contributed by atoms with Crippen LogP contribution < -0.4 is 9.62 Å². The summed E-state index contributed by atoms with van der Waals surface area (Å²) in [4.78, 5) is 29.6. The van der Waals surface area contributed by atoms with Crippen molar-refractivity contribution >= 4 is 27.5 Å². The first-order chi connectivity index (χ1) is 21.6. The fourth-order valence-corrected chi connectivity index (χ4v) is 6.34. The number of unbranched alkanes of at least 4 members (excludes halogenated alkanes) is 1. The fraction of sp³-hybridized carbons (Fsp3) is 0.278. The Morgan fingerprint density at radius 1 is 0.800 bits per heavy atom. The van der Waals surface area contributed by atoms with Gasteiger partial charge in [-0.05, 0) is 67.8 Å². The van der Waals surface area contributed by atoms with Crippen LogP contribution in [0.25, 0.3) is 0 Å². The quantitative estimate of drug-likeness (QED) is 0.169. The van der Waals surface area contributed by atoms with Crippen molar-refractivity contribution in [3.05, 3.63) is 131 Å². The number of halogens is 1. The van der Waals surface area contributed by atoms with Gasteiger partial charge in [-0.3, -0.25) is 13.9 Å². The molecule has 7 nitrogen and oxygen atoms in total. The number of anilines is 1. The maximum Gasteiger partial charge on any atom is 0.264 e. The molecule has 1 atom stereocenters. The molecule has 0 saturated heterocycles. The van der Waals surface area contributed by atoms with E-state index in [1.54, 1.807) is 48.5 Å². The number of benzene rings is 4. The molecule has 2 amide bonds. The van der Waals surface area contributed by atoms with Crippen LogP contribution in [0.15, 0.2) is 108 Å². The fourth-order valence-electron chi connectivity index (χ4n) is 4.92. The van der Waals surface area contributed by atoms with Crippen molar-refractivity contribution in [1.29, 1.82) is 0 Å². The highest BCUT2D eigenvalue weighted by molar-refractivity contribution is 7.92. The summed E-state index contributed by atoms with van der Waals surface area (Å²) in [6, 6.07) is 27.5. The van der Waals surface area contributed by atoms with Gasteiger partial charge in [0, 0.05) is 19.5 Å². The lowest BCUT2D eigenvalue weighted by molar-refractivity contribution is -0.140. The number of nitrogens with zero attached hydrogens (tertiary/aromatic N) is 2. The van der Waals surface area contributed by atoms with Crippen LogP contribution in [0.5, 0.6) is 0 Å². The highest BCUT2D eigenvalue weighted by Crippen LogP contribution is 2.26. The third-order valence-electron chi connectivity index (χ3n) is 7.58. The third kappa shape index (κ3) is 9.01. The monoisotopic (exact) mass is 629 g/mol. The number of nitrogens with one attached hydrogen (secondary N) is 1. The molecular weight excluding hydrogens is 589 g/mol. The maximum absolute atomic E-state index is 14.4. The molecule has 0 bridgehead atoms. The van der Waals surface area contributed by atoms with E-state index in [0.717, 1.165) is 33.8 Å². The minimum Gasteiger partial charge on any atom is -0.354 e. The molecule has 4 aromatic rings. The molecule has 0 aromatic heterocycles. The van der Waals surface area contributed by atoms with Gasteiger partial charge >= 0.3 is 0 Å². The molecule has 0 aliphatic rings. The van der Waals surface area contributed by atoms with Crippen molar-refractivity contribution in [3.8, 4) is 0 Å². The van der Waals surface area contributed by atoms with Gasteiger partial charge in [0.05, 0.1) is 10.6 Å². The molecule has 1 N–H and O–H groups in total. The van der Waals surface area contributed by atoms with Crippen molar-refractivity contribution in [3.63, 3.8) is 0 Å². The molecule has 0 radical (unpaired) electrons. The zero-order valence-electron chi connectivity index (χ0n) is 25.9. The zero-order chi connectivity index (χ0) is 32.4. The van der Waals surface area contributed by atoms with E-state index in [4.69, 9.17) is 0 Å². The topological polar surface area (TPSA) is 86.8 Å². The van der Waals surface area contributed by atoms with Gasteiger partial charge in [-0.15, -0.1) is 0 Å². The Hall–Kier alpha value is -4.50. The molecule has 0 saturated carbocycles. The summed E-state index contributed by atoms with van der Waals surface area (Å²) in [5.74, 6) is -1.34. The first-order valence-electron chi connectivity index (χ1n) is 15.1. The van der Waals surface area contributed by atoms with E-state index < -0.39 is 34.3 Å². The second-order valence-corrected chi connectivity index (χ2v) is 13.0. The van der Waals surface area contributed by atoms with Crippen molar-refractivity contribution in [2.75, 3.05) is 17.4 Å². The van der Waals surface area contributed by atoms with Crippen LogP contribution in [-0.2, 0) is 32.6 Å². The number of carbonyl (C=O) groups excluding carboxylic acids is 2. The molecular formula is C36H40FN3O4S. The van der Waals surface area contributed by atoms with Crippen LogP contribution >= 0.6 is 0 Å². The van der Waals surface area contributed by atoms with Crippen molar-refractivity contribution < 1.29 is 22.4 Å². The summed E-state index contributed by atoms with van der Waals surface area (Å²) in [6.45, 7) is 5.65. The van der Waals surface area contributed by atoms with Crippen LogP contribution in [0.3, 0.4) is 0 Å². The second kappa shape index (κ2) is 15.5. The van der Waals surface area contributed by atoms with Gasteiger partial charge in [-0.25, -0.2) is 12.8 Å². The second-order valence-electron chi connectivity index (χ2n) is 11.2. The van der Waals surface area contributed by atoms with E-state index in [2.05, 4.69) is 5.32 Å². The molecule has 4 rings (SSSR count). The van der Waals surface area contributed by atoms with E-state index in [-0.39, 0.29) is 23.8 Å². The minimum atomic E-state index is -4.18. The molecule has 0 aliphatic heterocycles. The van der Waals surface area contributed by atoms with Crippen LogP contribution in [0.4, 0.5) is 10.1 Å². The zero-order valence-corrected chi connectivity index (χ0v) is 26.8. The summed E-state index contributed by atoms with van der Waals surface area (Å²) in [7, 11) is -4.18. The standard InChI is InChI=1S/C36H40FN3O4S/c1-4-5-23-38-36(42)34(24-29-9-7-6-8-10-29)39(25-30-15-17-31(37)18-16-30)35(41)26-40(32-19-11-27(2)12-20-32)45(43,44)33-21-13-28(3)14-22-33/h6-22,34H,4-5,23-26H2,1-3H3,(H,38,42)/t34-/m0/s1. The number of hydrogen-bond acceptors (Lipinski definition) is 4. The largest absolute Gasteiger partial charge is 0.354 e. The third-order valence-corrected chi connectivity index (χ3v) is 9.36. The van der Waals surface area contributed by atoms with Crippen LogP contribution in [0.1, 0.15) is 42.0 Å². The van der Waals surface area contributed by atoms with Crippen molar-refractivity contribution in [1.82, 2.24) is 10.2 Å². The minimum absolute atomic E-state index is 0.0237. The molecule has 45 heavy (non-hydrogen) atoms. The first-order valence-corrected chi connectivity index (χ1v) is 16.5. The average molecular weight is 630 g/mol. The smallest absolute Gasteiger partial charge is 0.264 e. The Kier molecular flexibility index (Phi) is 11.5. The predicted molar refractivity (Wildman–Crippen MR) is 176 cm³/mol. The molecule has 0 heterocycles. The van der Waals surface area contributed by atoms with Gasteiger partial charge in [-0.2, -0.15) is 0 Å². The Morgan fingerprint density at radius 2 is 1.40 bits per heavy atom. The molecule has 0 spiro atoms. The molecule has 0 fully saturated rings. The summed E-state index contributed by atoms with van der Waals surface area (Å²) in [5, 5.41) is 2.96. The normalized spacial score (nSPS) is 11.9. The average Bonchev–Trinajstić information content (AvgIpc) is 3.03. The summed E-state index contributed by atoms with van der Waals surface area (Å²) >= 11 is 0. The highest BCUT2D eigenvalue weighted by atomic mass is 32.2. The van der Waals surface area contributed by atoms with Gasteiger partial charge in [0.15, 0.2) is 0 Å². The van der Waals surface area contributed by atoms with E-state index in [1.807, 2.05) is 51.1 Å². The summed E-state index contributed by atoms with van der Waals surface area (Å²) in [5.41, 5.74) is 3.60. The number of carbonyl (C=O) groups is 2. The van der Waals surface area contributed by atoms with Crippen LogP contribution in [0, 0.1) is 19.7 Å². The SMILES string of the molecule is CCCCNC(=O)[C@H](Cc1ccccc1)N(Cc1ccc(F)cc1)C(=O)CN(c1ccc(C)cc1)S(=O)(=O)c1ccc(C)cc1. The van der Waals surface area contributed by atoms with Crippen molar-refractivity contribution in [2.24, 2.45) is 0 Å². The molecule has 0 unspecified atom stereocenters. The number of hydrogen-bond donors (Lipinski definition) is 1. The summed E-state index contributed by atoms with van der Waals surface area (Å²) < 4.78 is 43.1. The Morgan fingerprint density at radius 3 is 2.00 bits per heavy atom. The van der Waals surface area contributed by atoms with E-state index in [9.17, 15) is 22.4 Å². The van der Waals surface area contributed by atoms with Crippen LogP contribution in [-0.4, -0.2) is 44.3 Å². The number of amides is 2. The van der Waals surface area contributed by atoms with E-state index in [0.29, 0.717) is 17.8 Å². The van der Waals surface area contributed by atoms with E-state index >= 15 is 0 Å². The Bertz CT molecular complexity index is 1660. The lowest BCUT2D eigenvalue weighted by Gasteiger charge is -2.34. The van der Waals surface area contributed by atoms with Gasteiger partial charge in [-0.1, -0.05) is 91.2 Å². The van der Waals surface area contributed by atoms with E-state index in [1.165, 1.54) is 29.2 Å². The highest BCUT2D eigenvalue weighted by Gasteiger charge is 2.34. The molecule has 4 aromatic carbocycles. The van der Waals surface area contributed by atoms with Crippen LogP contribution in [0.2, 0.25) is 0 Å². The van der Waals surface area contributed by atoms with Gasteiger partial charge in [0.2, 0.25) is 11.8 Å². The Labute approximate surface area is 265 Å². The predicted octanol–water partition coefficient (Wildman–Crippen LogP) is 6.19. The first kappa shape index (κ1) is 33.4. The summed E-state index contributed by atoms with van der Waals surface area (Å²) in [6.07, 6.45) is 1.86. The van der Waals surface area contributed by atoms with Crippen molar-refractivity contribution in [2.45, 2.75) is 57.5 Å². The molecule has 0 aliphatic carbocycles. The lowest BCUT2D eigenvalue weighted by Crippen LogP contribution is -2.53. The van der Waals surface area contributed by atoms with Gasteiger partial charge < -0.3 is 10.2 Å². The number of rotatable bonds is 14. The number of sulfonamides is 1. The van der Waals surface area contributed by atoms with Gasteiger partial charge in [0.25, 0.3) is 10.0 Å². The maximum atomic E-state index is 14.4.